The number of H-pyrrole nitrogens is 1. The number of hydrogen-bond acceptors (Lipinski definition) is 5. The van der Waals surface area contributed by atoms with Crippen LogP contribution in [0.25, 0.3) is 10.9 Å². The smallest absolute Gasteiger partial charge is 0.210 e. The summed E-state index contributed by atoms with van der Waals surface area (Å²) in [6.07, 6.45) is 3.03. The molecular formula is C19H16N4O2. The molecule has 6 heteroatoms. The van der Waals surface area contributed by atoms with Crippen molar-refractivity contribution in [2.24, 2.45) is 0 Å². The predicted octanol–water partition coefficient (Wildman–Crippen LogP) is 1.75. The molecule has 6 nitrogen and oxygen atoms in total. The Morgan fingerprint density at radius 3 is 2.68 bits per heavy atom. The topological polar surface area (TPSA) is 78.1 Å². The van der Waals surface area contributed by atoms with Gasteiger partial charge in [0.15, 0.2) is 5.78 Å². The van der Waals surface area contributed by atoms with E-state index in [4.69, 9.17) is 0 Å². The van der Waals surface area contributed by atoms with Crippen LogP contribution in [0.4, 0.5) is 5.69 Å². The molecule has 2 N–H and O–H groups in total. The Balaban J connectivity index is 1.69. The van der Waals surface area contributed by atoms with E-state index in [0.717, 1.165) is 42.8 Å². The minimum atomic E-state index is -0.146. The molecule has 0 atom stereocenters. The minimum absolute atomic E-state index is 0.138. The molecular weight excluding hydrogens is 316 g/mol. The Kier molecular flexibility index (Phi) is 3.02. The van der Waals surface area contributed by atoms with Gasteiger partial charge in [0.05, 0.1) is 16.8 Å². The first-order valence-electron chi connectivity index (χ1n) is 8.39. The first-order valence-corrected chi connectivity index (χ1v) is 8.39. The number of ketones is 2. The molecule has 1 aromatic carbocycles. The van der Waals surface area contributed by atoms with E-state index in [2.05, 4.69) is 20.2 Å². The summed E-state index contributed by atoms with van der Waals surface area (Å²) in [7, 11) is 0. The van der Waals surface area contributed by atoms with Crippen molar-refractivity contribution in [2.75, 3.05) is 31.1 Å². The quantitative estimate of drug-likeness (QED) is 0.555. The minimum Gasteiger partial charge on any atom is -0.369 e. The Bertz CT molecular complexity index is 1030. The van der Waals surface area contributed by atoms with Gasteiger partial charge in [0.2, 0.25) is 5.78 Å². The van der Waals surface area contributed by atoms with E-state index < -0.39 is 0 Å². The van der Waals surface area contributed by atoms with Gasteiger partial charge in [-0.15, -0.1) is 0 Å². The Morgan fingerprint density at radius 1 is 1.00 bits per heavy atom. The van der Waals surface area contributed by atoms with E-state index in [9.17, 15) is 9.59 Å². The Morgan fingerprint density at radius 2 is 1.84 bits per heavy atom. The molecule has 1 aliphatic heterocycles. The normalized spacial score (nSPS) is 16.9. The maximum Gasteiger partial charge on any atom is 0.210 e. The SMILES string of the molecule is O=C1c2ccncc2C(=O)c2c1[nH]c1ccc(N3CCNCC3)cc21. The molecule has 1 fully saturated rings. The molecule has 5 rings (SSSR count). The van der Waals surface area contributed by atoms with Gasteiger partial charge in [-0.25, -0.2) is 0 Å². The summed E-state index contributed by atoms with van der Waals surface area (Å²) >= 11 is 0. The molecule has 1 saturated heterocycles. The molecule has 0 amide bonds. The van der Waals surface area contributed by atoms with Crippen LogP contribution in [0.15, 0.2) is 36.7 Å². The van der Waals surface area contributed by atoms with Crippen molar-refractivity contribution in [3.63, 3.8) is 0 Å². The lowest BCUT2D eigenvalue weighted by Crippen LogP contribution is -2.43. The molecule has 0 unspecified atom stereocenters. The van der Waals surface area contributed by atoms with Crippen molar-refractivity contribution >= 4 is 28.2 Å². The van der Waals surface area contributed by atoms with Crippen LogP contribution in [0.5, 0.6) is 0 Å². The lowest BCUT2D eigenvalue weighted by atomic mass is 9.88. The van der Waals surface area contributed by atoms with Crippen LogP contribution in [0.2, 0.25) is 0 Å². The highest BCUT2D eigenvalue weighted by molar-refractivity contribution is 6.32. The monoisotopic (exact) mass is 332 g/mol. The average Bonchev–Trinajstić information content (AvgIpc) is 3.06. The van der Waals surface area contributed by atoms with Crippen LogP contribution in [-0.2, 0) is 0 Å². The molecule has 3 heterocycles. The predicted molar refractivity (Wildman–Crippen MR) is 94.5 cm³/mol. The molecule has 2 aromatic heterocycles. The Labute approximate surface area is 143 Å². The fourth-order valence-electron chi connectivity index (χ4n) is 3.75. The van der Waals surface area contributed by atoms with E-state index in [0.29, 0.717) is 22.4 Å². The number of carbonyl (C=O) groups excluding carboxylic acids is 2. The highest BCUT2D eigenvalue weighted by Gasteiger charge is 2.33. The third-order valence-corrected chi connectivity index (χ3v) is 5.03. The molecule has 0 saturated carbocycles. The number of carbonyl (C=O) groups is 2. The van der Waals surface area contributed by atoms with Gasteiger partial charge in [-0.05, 0) is 24.3 Å². The standard InChI is InChI=1S/C19H16N4O2/c24-18-14-10-21-4-3-12(14)19(25)17-16(18)13-9-11(1-2-15(13)22-17)23-7-5-20-6-8-23/h1-4,9-10,20,22H,5-8H2. The summed E-state index contributed by atoms with van der Waals surface area (Å²) in [5.41, 5.74) is 3.54. The Hall–Kier alpha value is -2.99. The van der Waals surface area contributed by atoms with E-state index in [1.54, 1.807) is 12.3 Å². The van der Waals surface area contributed by atoms with Gasteiger partial charge in [0, 0.05) is 60.7 Å². The summed E-state index contributed by atoms with van der Waals surface area (Å²) in [6, 6.07) is 7.62. The first kappa shape index (κ1) is 14.4. The summed E-state index contributed by atoms with van der Waals surface area (Å²) in [4.78, 5) is 35.2. The van der Waals surface area contributed by atoms with Crippen LogP contribution in [0, 0.1) is 0 Å². The zero-order valence-corrected chi connectivity index (χ0v) is 13.5. The van der Waals surface area contributed by atoms with E-state index in [1.807, 2.05) is 18.2 Å². The fourth-order valence-corrected chi connectivity index (χ4v) is 3.75. The number of piperazine rings is 1. The van der Waals surface area contributed by atoms with Gasteiger partial charge in [-0.3, -0.25) is 14.6 Å². The van der Waals surface area contributed by atoms with Crippen molar-refractivity contribution in [2.45, 2.75) is 0 Å². The number of rotatable bonds is 1. The van der Waals surface area contributed by atoms with Crippen molar-refractivity contribution in [3.05, 3.63) is 59.0 Å². The maximum atomic E-state index is 13.0. The van der Waals surface area contributed by atoms with Crippen LogP contribution in [-0.4, -0.2) is 47.7 Å². The number of nitrogens with one attached hydrogen (secondary N) is 2. The average molecular weight is 332 g/mol. The summed E-state index contributed by atoms with van der Waals surface area (Å²) < 4.78 is 0. The molecule has 1 aliphatic carbocycles. The highest BCUT2D eigenvalue weighted by Crippen LogP contribution is 2.34. The van der Waals surface area contributed by atoms with Gasteiger partial charge in [0.1, 0.15) is 0 Å². The number of fused-ring (bicyclic) bond motifs is 4. The lowest BCUT2D eigenvalue weighted by molar-refractivity contribution is 0.0977. The molecule has 0 radical (unpaired) electrons. The van der Waals surface area contributed by atoms with Crippen LogP contribution in [0.1, 0.15) is 32.0 Å². The van der Waals surface area contributed by atoms with Crippen LogP contribution < -0.4 is 10.2 Å². The zero-order chi connectivity index (χ0) is 17.0. The lowest BCUT2D eigenvalue weighted by Gasteiger charge is -2.29. The number of pyridine rings is 1. The number of nitrogens with zero attached hydrogens (tertiary/aromatic N) is 2. The van der Waals surface area contributed by atoms with Gasteiger partial charge in [-0.1, -0.05) is 0 Å². The number of aromatic amines is 1. The van der Waals surface area contributed by atoms with Gasteiger partial charge >= 0.3 is 0 Å². The van der Waals surface area contributed by atoms with Crippen molar-refractivity contribution in [1.82, 2.24) is 15.3 Å². The van der Waals surface area contributed by atoms with Crippen molar-refractivity contribution in [3.8, 4) is 0 Å². The maximum absolute atomic E-state index is 13.0. The largest absolute Gasteiger partial charge is 0.369 e. The molecule has 3 aromatic rings. The second-order valence-electron chi connectivity index (χ2n) is 6.42. The van der Waals surface area contributed by atoms with Gasteiger partial charge in [-0.2, -0.15) is 0 Å². The number of anilines is 1. The van der Waals surface area contributed by atoms with Crippen molar-refractivity contribution in [1.29, 1.82) is 0 Å². The summed E-state index contributed by atoms with van der Waals surface area (Å²) in [5, 5.41) is 4.14. The van der Waals surface area contributed by atoms with Gasteiger partial charge < -0.3 is 15.2 Å². The van der Waals surface area contributed by atoms with Crippen LogP contribution >= 0.6 is 0 Å². The van der Waals surface area contributed by atoms with E-state index in [-0.39, 0.29) is 11.6 Å². The third kappa shape index (κ3) is 2.04. The number of aromatic nitrogens is 2. The molecule has 2 aliphatic rings. The van der Waals surface area contributed by atoms with Gasteiger partial charge in [0.25, 0.3) is 0 Å². The second kappa shape index (κ2) is 5.26. The summed E-state index contributed by atoms with van der Waals surface area (Å²) in [6.45, 7) is 3.75. The molecule has 25 heavy (non-hydrogen) atoms. The fraction of sp³-hybridized carbons (Fsp3) is 0.211. The number of hydrogen-bond donors (Lipinski definition) is 2. The molecule has 124 valence electrons. The summed E-state index contributed by atoms with van der Waals surface area (Å²) in [5.74, 6) is -0.284. The third-order valence-electron chi connectivity index (χ3n) is 5.03. The van der Waals surface area contributed by atoms with E-state index in [1.165, 1.54) is 6.20 Å². The highest BCUT2D eigenvalue weighted by atomic mass is 16.1. The van der Waals surface area contributed by atoms with E-state index >= 15 is 0 Å². The second-order valence-corrected chi connectivity index (χ2v) is 6.42. The zero-order valence-electron chi connectivity index (χ0n) is 13.5. The molecule has 0 spiro atoms. The van der Waals surface area contributed by atoms with Crippen LogP contribution in [0.3, 0.4) is 0 Å². The molecule has 0 bridgehead atoms. The first-order chi connectivity index (χ1) is 12.2. The number of benzene rings is 1. The van der Waals surface area contributed by atoms with Crippen molar-refractivity contribution < 1.29 is 9.59 Å².